The van der Waals surface area contributed by atoms with E-state index in [9.17, 15) is 9.59 Å². The molecule has 4 bridgehead atoms. The van der Waals surface area contributed by atoms with Gasteiger partial charge in [-0.25, -0.2) is 0 Å². The van der Waals surface area contributed by atoms with Crippen molar-refractivity contribution < 1.29 is 9.59 Å². The first kappa shape index (κ1) is 20.8. The predicted octanol–water partition coefficient (Wildman–Crippen LogP) is 3.09. The van der Waals surface area contributed by atoms with Crippen molar-refractivity contribution in [2.45, 2.75) is 58.4 Å². The van der Waals surface area contributed by atoms with Crippen LogP contribution in [0.15, 0.2) is 24.5 Å². The molecule has 1 saturated heterocycles. The zero-order valence-corrected chi connectivity index (χ0v) is 18.9. The summed E-state index contributed by atoms with van der Waals surface area (Å²) in [5.41, 5.74) is 0.944. The molecule has 2 amide bonds. The second-order valence-corrected chi connectivity index (χ2v) is 10.9. The van der Waals surface area contributed by atoms with E-state index < -0.39 is 6.04 Å². The molecule has 1 aromatic rings. The van der Waals surface area contributed by atoms with Crippen molar-refractivity contribution in [1.29, 1.82) is 0 Å². The lowest BCUT2D eigenvalue weighted by Crippen LogP contribution is -2.60. The molecule has 5 fully saturated rings. The molecule has 6 nitrogen and oxygen atoms in total. The molecule has 31 heavy (non-hydrogen) atoms. The van der Waals surface area contributed by atoms with Crippen LogP contribution < -0.4 is 10.2 Å². The highest BCUT2D eigenvalue weighted by Gasteiger charge is 2.55. The van der Waals surface area contributed by atoms with Crippen molar-refractivity contribution in [2.24, 2.45) is 29.1 Å². The standard InChI is InChI=1S/C25H36N4O2/c1-17(2)22(23(30)29-9-7-28(8-10-29)21-3-5-26-6-4-21)27-24(31)25-14-18-11-19(15-25)13-20(12-18)16-25/h3-6,17-20,22H,7-16H2,1-2H3,(H,27,31)/t18?,19?,20?,22-,25?/m1/s1. The van der Waals surface area contributed by atoms with Gasteiger partial charge in [0.25, 0.3) is 0 Å². The van der Waals surface area contributed by atoms with E-state index in [1.54, 1.807) is 0 Å². The molecule has 6 rings (SSSR count). The van der Waals surface area contributed by atoms with Gasteiger partial charge in [-0.1, -0.05) is 13.8 Å². The largest absolute Gasteiger partial charge is 0.368 e. The first-order valence-corrected chi connectivity index (χ1v) is 12.2. The van der Waals surface area contributed by atoms with Crippen LogP contribution in [-0.4, -0.2) is 53.9 Å². The Morgan fingerprint density at radius 1 is 0.968 bits per heavy atom. The third kappa shape index (κ3) is 3.94. The van der Waals surface area contributed by atoms with Gasteiger partial charge in [0.15, 0.2) is 0 Å². The summed E-state index contributed by atoms with van der Waals surface area (Å²) in [6, 6.07) is 3.60. The average Bonchev–Trinajstić information content (AvgIpc) is 2.76. The highest BCUT2D eigenvalue weighted by molar-refractivity contribution is 5.90. The molecular formula is C25H36N4O2. The number of hydrogen-bond acceptors (Lipinski definition) is 4. The number of carbonyl (C=O) groups excluding carboxylic acids is 2. The molecule has 2 heterocycles. The molecule has 0 unspecified atom stereocenters. The lowest BCUT2D eigenvalue weighted by Gasteiger charge is -2.56. The molecule has 4 aliphatic carbocycles. The van der Waals surface area contributed by atoms with Crippen LogP contribution in [0.3, 0.4) is 0 Å². The number of aromatic nitrogens is 1. The Morgan fingerprint density at radius 3 is 2.03 bits per heavy atom. The Kier molecular flexibility index (Phi) is 5.43. The molecule has 1 aliphatic heterocycles. The van der Waals surface area contributed by atoms with Crippen molar-refractivity contribution in [3.05, 3.63) is 24.5 Å². The summed E-state index contributed by atoms with van der Waals surface area (Å²) in [4.78, 5) is 35.3. The van der Waals surface area contributed by atoms with Gasteiger partial charge in [-0.3, -0.25) is 14.6 Å². The van der Waals surface area contributed by atoms with Crippen LogP contribution in [0.25, 0.3) is 0 Å². The van der Waals surface area contributed by atoms with E-state index in [0.29, 0.717) is 13.1 Å². The van der Waals surface area contributed by atoms with Gasteiger partial charge in [-0.2, -0.15) is 0 Å². The summed E-state index contributed by atoms with van der Waals surface area (Å²) in [6.45, 7) is 7.10. The van der Waals surface area contributed by atoms with Crippen LogP contribution in [0, 0.1) is 29.1 Å². The summed E-state index contributed by atoms with van der Waals surface area (Å²) < 4.78 is 0. The number of amides is 2. The molecule has 1 aromatic heterocycles. The van der Waals surface area contributed by atoms with Gasteiger partial charge in [-0.15, -0.1) is 0 Å². The number of anilines is 1. The lowest BCUT2D eigenvalue weighted by molar-refractivity contribution is -0.150. The predicted molar refractivity (Wildman–Crippen MR) is 120 cm³/mol. The summed E-state index contributed by atoms with van der Waals surface area (Å²) in [5.74, 6) is 2.52. The van der Waals surface area contributed by atoms with Crippen molar-refractivity contribution >= 4 is 17.5 Å². The molecule has 5 aliphatic rings. The quantitative estimate of drug-likeness (QED) is 0.789. The molecule has 4 saturated carbocycles. The summed E-state index contributed by atoms with van der Waals surface area (Å²) in [6.07, 6.45) is 10.7. The van der Waals surface area contributed by atoms with Crippen LogP contribution in [-0.2, 0) is 9.59 Å². The van der Waals surface area contributed by atoms with Gasteiger partial charge >= 0.3 is 0 Å². The van der Waals surface area contributed by atoms with E-state index in [0.717, 1.165) is 55.8 Å². The SMILES string of the molecule is CC(C)[C@@H](NC(=O)C12CC3CC(CC(C3)C1)C2)C(=O)N1CCN(c2ccncc2)CC1. The fraction of sp³-hybridized carbons (Fsp3) is 0.720. The fourth-order valence-corrected chi connectivity index (χ4v) is 7.13. The van der Waals surface area contributed by atoms with Gasteiger partial charge in [0.1, 0.15) is 6.04 Å². The second-order valence-electron chi connectivity index (χ2n) is 10.9. The molecule has 0 spiro atoms. The fourth-order valence-electron chi connectivity index (χ4n) is 7.13. The second kappa shape index (κ2) is 8.10. The summed E-state index contributed by atoms with van der Waals surface area (Å²) in [5, 5.41) is 3.26. The van der Waals surface area contributed by atoms with Crippen molar-refractivity contribution in [2.75, 3.05) is 31.1 Å². The zero-order valence-electron chi connectivity index (χ0n) is 18.9. The Hall–Kier alpha value is -2.11. The summed E-state index contributed by atoms with van der Waals surface area (Å²) >= 11 is 0. The van der Waals surface area contributed by atoms with E-state index in [-0.39, 0.29) is 23.1 Å². The van der Waals surface area contributed by atoms with Gasteiger partial charge in [0, 0.05) is 49.7 Å². The Morgan fingerprint density at radius 2 is 1.52 bits per heavy atom. The maximum atomic E-state index is 13.5. The minimum atomic E-state index is -0.423. The highest BCUT2D eigenvalue weighted by Crippen LogP contribution is 2.60. The van der Waals surface area contributed by atoms with Crippen LogP contribution in [0.1, 0.15) is 52.4 Å². The highest BCUT2D eigenvalue weighted by atomic mass is 16.2. The van der Waals surface area contributed by atoms with Gasteiger partial charge in [0.05, 0.1) is 0 Å². The van der Waals surface area contributed by atoms with E-state index in [2.05, 4.69) is 29.0 Å². The van der Waals surface area contributed by atoms with E-state index in [1.165, 1.54) is 19.3 Å². The molecular weight excluding hydrogens is 388 g/mol. The van der Waals surface area contributed by atoms with Crippen LogP contribution >= 0.6 is 0 Å². The first-order chi connectivity index (χ1) is 14.9. The van der Waals surface area contributed by atoms with Gasteiger partial charge in [-0.05, 0) is 74.3 Å². The molecule has 1 atom stereocenters. The first-order valence-electron chi connectivity index (χ1n) is 12.2. The topological polar surface area (TPSA) is 65.5 Å². The third-order valence-corrected chi connectivity index (χ3v) is 8.36. The number of carbonyl (C=O) groups is 2. The maximum Gasteiger partial charge on any atom is 0.245 e. The molecule has 0 radical (unpaired) electrons. The minimum Gasteiger partial charge on any atom is -0.368 e. The Balaban J connectivity index is 1.23. The van der Waals surface area contributed by atoms with E-state index in [4.69, 9.17) is 0 Å². The van der Waals surface area contributed by atoms with Crippen molar-refractivity contribution in [1.82, 2.24) is 15.2 Å². The van der Waals surface area contributed by atoms with Crippen LogP contribution in [0.4, 0.5) is 5.69 Å². The minimum absolute atomic E-state index is 0.0856. The number of rotatable bonds is 5. The molecule has 0 aromatic carbocycles. The lowest BCUT2D eigenvalue weighted by atomic mass is 9.49. The van der Waals surface area contributed by atoms with E-state index >= 15 is 0 Å². The Labute approximate surface area is 185 Å². The average molecular weight is 425 g/mol. The van der Waals surface area contributed by atoms with Gasteiger partial charge in [0.2, 0.25) is 11.8 Å². The monoisotopic (exact) mass is 424 g/mol. The zero-order chi connectivity index (χ0) is 21.6. The Bertz CT molecular complexity index is 781. The normalized spacial score (nSPS) is 32.9. The van der Waals surface area contributed by atoms with Crippen LogP contribution in [0.5, 0.6) is 0 Å². The van der Waals surface area contributed by atoms with Gasteiger partial charge < -0.3 is 15.1 Å². The third-order valence-electron chi connectivity index (χ3n) is 8.36. The smallest absolute Gasteiger partial charge is 0.245 e. The maximum absolute atomic E-state index is 13.5. The number of nitrogens with one attached hydrogen (secondary N) is 1. The van der Waals surface area contributed by atoms with Crippen molar-refractivity contribution in [3.63, 3.8) is 0 Å². The van der Waals surface area contributed by atoms with Crippen LogP contribution in [0.2, 0.25) is 0 Å². The van der Waals surface area contributed by atoms with E-state index in [1.807, 2.05) is 29.4 Å². The number of hydrogen-bond donors (Lipinski definition) is 1. The summed E-state index contributed by atoms with van der Waals surface area (Å²) in [7, 11) is 0. The molecule has 6 heteroatoms. The number of pyridine rings is 1. The molecule has 1 N–H and O–H groups in total. The van der Waals surface area contributed by atoms with Crippen molar-refractivity contribution in [3.8, 4) is 0 Å². The number of nitrogens with zero attached hydrogens (tertiary/aromatic N) is 3. The molecule has 168 valence electrons. The number of piperazine rings is 1.